The Morgan fingerprint density at radius 2 is 2.38 bits per heavy atom. The van der Waals surface area contributed by atoms with Crippen LogP contribution in [-0.4, -0.2) is 42.9 Å². The van der Waals surface area contributed by atoms with Crippen LogP contribution in [0.25, 0.3) is 0 Å². The topological polar surface area (TPSA) is 75.4 Å². The average Bonchev–Trinajstić information content (AvgIpc) is 2.50. The molecule has 1 fully saturated rings. The molecule has 0 aromatic rings. The van der Waals surface area contributed by atoms with Crippen LogP contribution in [0.15, 0.2) is 0 Å². The first-order valence-corrected chi connectivity index (χ1v) is 5.88. The zero-order valence-electron chi connectivity index (χ0n) is 9.87. The van der Waals surface area contributed by atoms with Crippen molar-refractivity contribution in [1.29, 1.82) is 0 Å². The predicted octanol–water partition coefficient (Wildman–Crippen LogP) is -0.290. The van der Waals surface area contributed by atoms with Crippen LogP contribution in [0.3, 0.4) is 0 Å². The molecule has 0 radical (unpaired) electrons. The van der Waals surface area contributed by atoms with E-state index >= 15 is 0 Å². The molecule has 3 N–H and O–H groups in total. The van der Waals surface area contributed by atoms with Gasteiger partial charge < -0.3 is 16.0 Å². The molecule has 0 spiro atoms. The maximum atomic E-state index is 11.8. The number of hydrogen-bond acceptors (Lipinski definition) is 3. The number of nitrogens with two attached hydrogens (primary N) is 1. The van der Waals surface area contributed by atoms with E-state index in [4.69, 9.17) is 5.73 Å². The minimum absolute atomic E-state index is 0.0577. The van der Waals surface area contributed by atoms with Gasteiger partial charge in [-0.2, -0.15) is 0 Å². The lowest BCUT2D eigenvalue weighted by molar-refractivity contribution is -0.135. The Bertz CT molecular complexity index is 256. The van der Waals surface area contributed by atoms with Gasteiger partial charge in [0.15, 0.2) is 0 Å². The molecule has 1 heterocycles. The van der Waals surface area contributed by atoms with Crippen molar-refractivity contribution in [2.75, 3.05) is 26.2 Å². The molecule has 2 amide bonds. The lowest BCUT2D eigenvalue weighted by Crippen LogP contribution is -2.37. The van der Waals surface area contributed by atoms with Crippen LogP contribution in [0, 0.1) is 5.92 Å². The molecule has 1 unspecified atom stereocenters. The smallest absolute Gasteiger partial charge is 0.239 e. The monoisotopic (exact) mass is 227 g/mol. The summed E-state index contributed by atoms with van der Waals surface area (Å²) in [5, 5.41) is 2.75. The van der Waals surface area contributed by atoms with Crippen LogP contribution in [0.1, 0.15) is 26.2 Å². The molecule has 0 aliphatic carbocycles. The first kappa shape index (κ1) is 13.0. The van der Waals surface area contributed by atoms with Gasteiger partial charge in [-0.15, -0.1) is 0 Å². The Morgan fingerprint density at radius 1 is 1.62 bits per heavy atom. The minimum Gasteiger partial charge on any atom is -0.354 e. The Labute approximate surface area is 96.4 Å². The van der Waals surface area contributed by atoms with E-state index in [-0.39, 0.29) is 18.4 Å². The van der Waals surface area contributed by atoms with E-state index in [1.165, 1.54) is 0 Å². The summed E-state index contributed by atoms with van der Waals surface area (Å²) < 4.78 is 0. The summed E-state index contributed by atoms with van der Waals surface area (Å²) in [7, 11) is 0. The van der Waals surface area contributed by atoms with E-state index in [1.807, 2.05) is 6.92 Å². The van der Waals surface area contributed by atoms with Crippen LogP contribution in [0.4, 0.5) is 0 Å². The first-order valence-electron chi connectivity index (χ1n) is 5.88. The minimum atomic E-state index is -0.0577. The highest BCUT2D eigenvalue weighted by Gasteiger charge is 2.19. The molecule has 1 aliphatic rings. The molecule has 92 valence electrons. The maximum absolute atomic E-state index is 11.8. The molecule has 0 saturated carbocycles. The van der Waals surface area contributed by atoms with Gasteiger partial charge in [-0.25, -0.2) is 0 Å². The lowest BCUT2D eigenvalue weighted by atomic mass is 10.1. The standard InChI is InChI=1S/C11H21N3O2/c1-9(7-12)3-4-11(16)14-6-2-5-13-10(15)8-14/h9H,2-8,12H2,1H3,(H,13,15). The molecule has 16 heavy (non-hydrogen) atoms. The highest BCUT2D eigenvalue weighted by Crippen LogP contribution is 2.07. The number of carbonyl (C=O) groups is 2. The van der Waals surface area contributed by atoms with Gasteiger partial charge in [0.1, 0.15) is 0 Å². The summed E-state index contributed by atoms with van der Waals surface area (Å²) in [5.41, 5.74) is 5.49. The van der Waals surface area contributed by atoms with Crippen LogP contribution < -0.4 is 11.1 Å². The van der Waals surface area contributed by atoms with Gasteiger partial charge in [0.25, 0.3) is 0 Å². The quantitative estimate of drug-likeness (QED) is 0.693. The summed E-state index contributed by atoms with van der Waals surface area (Å²) >= 11 is 0. The number of hydrogen-bond donors (Lipinski definition) is 2. The van der Waals surface area contributed by atoms with E-state index in [0.717, 1.165) is 12.8 Å². The molecule has 1 rings (SSSR count). The molecule has 0 aromatic carbocycles. The number of nitrogens with zero attached hydrogens (tertiary/aromatic N) is 1. The van der Waals surface area contributed by atoms with Crippen LogP contribution in [0.5, 0.6) is 0 Å². The fourth-order valence-electron chi connectivity index (χ4n) is 1.66. The third-order valence-electron chi connectivity index (χ3n) is 2.87. The fourth-order valence-corrected chi connectivity index (χ4v) is 1.66. The zero-order chi connectivity index (χ0) is 12.0. The van der Waals surface area contributed by atoms with E-state index in [0.29, 0.717) is 32.0 Å². The fraction of sp³-hybridized carbons (Fsp3) is 0.818. The van der Waals surface area contributed by atoms with Crippen molar-refractivity contribution in [2.45, 2.75) is 26.2 Å². The SMILES string of the molecule is CC(CN)CCC(=O)N1CCCNC(=O)C1. The molecule has 1 aliphatic heterocycles. The normalized spacial score (nSPS) is 18.9. The third kappa shape index (κ3) is 4.18. The van der Waals surface area contributed by atoms with Gasteiger partial charge in [-0.05, 0) is 25.3 Å². The van der Waals surface area contributed by atoms with Crippen LogP contribution in [0.2, 0.25) is 0 Å². The van der Waals surface area contributed by atoms with E-state index in [1.54, 1.807) is 4.90 Å². The summed E-state index contributed by atoms with van der Waals surface area (Å²) in [4.78, 5) is 24.7. The van der Waals surface area contributed by atoms with Crippen molar-refractivity contribution >= 4 is 11.8 Å². The van der Waals surface area contributed by atoms with E-state index in [9.17, 15) is 9.59 Å². The van der Waals surface area contributed by atoms with Crippen molar-refractivity contribution in [3.05, 3.63) is 0 Å². The van der Waals surface area contributed by atoms with Crippen molar-refractivity contribution in [1.82, 2.24) is 10.2 Å². The molecular weight excluding hydrogens is 206 g/mol. The number of nitrogens with one attached hydrogen (secondary N) is 1. The predicted molar refractivity (Wildman–Crippen MR) is 61.7 cm³/mol. The highest BCUT2D eigenvalue weighted by molar-refractivity contribution is 5.85. The summed E-state index contributed by atoms with van der Waals surface area (Å²) in [5.74, 6) is 0.375. The Kier molecular flexibility index (Phi) is 5.25. The van der Waals surface area contributed by atoms with Crippen molar-refractivity contribution in [2.24, 2.45) is 11.7 Å². The molecule has 1 atom stereocenters. The summed E-state index contributed by atoms with van der Waals surface area (Å²) in [6.45, 7) is 4.18. The second-order valence-corrected chi connectivity index (χ2v) is 4.40. The van der Waals surface area contributed by atoms with Gasteiger partial charge in [0, 0.05) is 19.5 Å². The molecule has 0 bridgehead atoms. The second kappa shape index (κ2) is 6.48. The number of rotatable bonds is 4. The van der Waals surface area contributed by atoms with Gasteiger partial charge >= 0.3 is 0 Å². The molecule has 1 saturated heterocycles. The van der Waals surface area contributed by atoms with Gasteiger partial charge in [0.05, 0.1) is 6.54 Å². The van der Waals surface area contributed by atoms with Gasteiger partial charge in [-0.3, -0.25) is 9.59 Å². The van der Waals surface area contributed by atoms with Crippen molar-refractivity contribution in [3.8, 4) is 0 Å². The summed E-state index contributed by atoms with van der Waals surface area (Å²) in [6, 6.07) is 0. The largest absolute Gasteiger partial charge is 0.354 e. The number of carbonyl (C=O) groups excluding carboxylic acids is 2. The molecule has 5 heteroatoms. The van der Waals surface area contributed by atoms with Crippen LogP contribution in [-0.2, 0) is 9.59 Å². The Balaban J connectivity index is 2.36. The zero-order valence-corrected chi connectivity index (χ0v) is 9.87. The lowest BCUT2D eigenvalue weighted by Gasteiger charge is -2.19. The molecule has 5 nitrogen and oxygen atoms in total. The van der Waals surface area contributed by atoms with Crippen molar-refractivity contribution in [3.63, 3.8) is 0 Å². The van der Waals surface area contributed by atoms with Gasteiger partial charge in [0.2, 0.25) is 11.8 Å². The Hall–Kier alpha value is -1.10. The Morgan fingerprint density at radius 3 is 3.06 bits per heavy atom. The second-order valence-electron chi connectivity index (χ2n) is 4.40. The summed E-state index contributed by atoms with van der Waals surface area (Å²) in [6.07, 6.45) is 2.13. The maximum Gasteiger partial charge on any atom is 0.239 e. The van der Waals surface area contributed by atoms with Gasteiger partial charge in [-0.1, -0.05) is 6.92 Å². The van der Waals surface area contributed by atoms with Crippen LogP contribution >= 0.6 is 0 Å². The van der Waals surface area contributed by atoms with Crippen molar-refractivity contribution < 1.29 is 9.59 Å². The van der Waals surface area contributed by atoms with E-state index in [2.05, 4.69) is 5.32 Å². The molecule has 0 aromatic heterocycles. The average molecular weight is 227 g/mol. The van der Waals surface area contributed by atoms with E-state index < -0.39 is 0 Å². The molecular formula is C11H21N3O2. The first-order chi connectivity index (χ1) is 7.63. The third-order valence-corrected chi connectivity index (χ3v) is 2.87. The highest BCUT2D eigenvalue weighted by atomic mass is 16.2. The number of amides is 2.